The SMILES string of the molecule is CN=C(NCCc1cccc(F)c1)NCCc1c(C)nn(C)c1C. The minimum absolute atomic E-state index is 0.197. The molecule has 24 heavy (non-hydrogen) atoms. The van der Waals surface area contributed by atoms with Gasteiger partial charge in [0.25, 0.3) is 0 Å². The Labute approximate surface area is 143 Å². The summed E-state index contributed by atoms with van der Waals surface area (Å²) < 4.78 is 15.1. The molecule has 2 aromatic rings. The highest BCUT2D eigenvalue weighted by Gasteiger charge is 2.09. The maximum Gasteiger partial charge on any atom is 0.190 e. The topological polar surface area (TPSA) is 54.2 Å². The monoisotopic (exact) mass is 331 g/mol. The molecule has 0 aliphatic rings. The lowest BCUT2D eigenvalue weighted by atomic mass is 10.1. The van der Waals surface area contributed by atoms with Crippen molar-refractivity contribution in [1.82, 2.24) is 20.4 Å². The van der Waals surface area contributed by atoms with Gasteiger partial charge in [-0.05, 0) is 49.9 Å². The van der Waals surface area contributed by atoms with E-state index in [1.165, 1.54) is 17.3 Å². The standard InChI is InChI=1S/C18H26FN5/c1-13-17(14(2)24(4)23-13)9-11-22-18(20-3)21-10-8-15-6-5-7-16(19)12-15/h5-7,12H,8-11H2,1-4H3,(H2,20,21,22). The summed E-state index contributed by atoms with van der Waals surface area (Å²) in [6, 6.07) is 6.68. The van der Waals surface area contributed by atoms with Crippen molar-refractivity contribution in [3.8, 4) is 0 Å². The number of hydrogen-bond donors (Lipinski definition) is 2. The molecule has 0 amide bonds. The van der Waals surface area contributed by atoms with Crippen molar-refractivity contribution in [2.75, 3.05) is 20.1 Å². The molecule has 0 aliphatic carbocycles. The maximum atomic E-state index is 13.2. The third-order valence-corrected chi connectivity index (χ3v) is 4.15. The highest BCUT2D eigenvalue weighted by molar-refractivity contribution is 5.79. The fourth-order valence-electron chi connectivity index (χ4n) is 2.72. The molecule has 0 saturated carbocycles. The predicted molar refractivity (Wildman–Crippen MR) is 95.9 cm³/mol. The van der Waals surface area contributed by atoms with Gasteiger partial charge >= 0.3 is 0 Å². The van der Waals surface area contributed by atoms with E-state index in [2.05, 4.69) is 27.6 Å². The first-order valence-electron chi connectivity index (χ1n) is 8.19. The van der Waals surface area contributed by atoms with Crippen LogP contribution in [0, 0.1) is 19.7 Å². The van der Waals surface area contributed by atoms with Crippen molar-refractivity contribution in [1.29, 1.82) is 0 Å². The highest BCUT2D eigenvalue weighted by Crippen LogP contribution is 2.11. The molecule has 0 aliphatic heterocycles. The van der Waals surface area contributed by atoms with E-state index < -0.39 is 0 Å². The third-order valence-electron chi connectivity index (χ3n) is 4.15. The Morgan fingerprint density at radius 3 is 2.50 bits per heavy atom. The average Bonchev–Trinajstić information content (AvgIpc) is 2.79. The first kappa shape index (κ1) is 18.0. The van der Waals surface area contributed by atoms with E-state index in [-0.39, 0.29) is 5.82 Å². The van der Waals surface area contributed by atoms with Gasteiger partial charge in [0.2, 0.25) is 0 Å². The average molecular weight is 331 g/mol. The smallest absolute Gasteiger partial charge is 0.190 e. The summed E-state index contributed by atoms with van der Waals surface area (Å²) >= 11 is 0. The maximum absolute atomic E-state index is 13.2. The van der Waals surface area contributed by atoms with Crippen molar-refractivity contribution in [2.24, 2.45) is 12.0 Å². The van der Waals surface area contributed by atoms with Crippen LogP contribution < -0.4 is 10.6 Å². The number of nitrogens with one attached hydrogen (secondary N) is 2. The minimum atomic E-state index is -0.197. The van der Waals surface area contributed by atoms with E-state index >= 15 is 0 Å². The molecule has 5 nitrogen and oxygen atoms in total. The number of benzene rings is 1. The molecule has 0 saturated heterocycles. The van der Waals surface area contributed by atoms with Crippen molar-refractivity contribution in [3.63, 3.8) is 0 Å². The zero-order valence-electron chi connectivity index (χ0n) is 14.9. The van der Waals surface area contributed by atoms with Crippen LogP contribution in [0.4, 0.5) is 4.39 Å². The Morgan fingerprint density at radius 2 is 1.92 bits per heavy atom. The molecule has 0 fully saturated rings. The Balaban J connectivity index is 1.76. The van der Waals surface area contributed by atoms with Gasteiger partial charge in [-0.2, -0.15) is 5.10 Å². The number of aryl methyl sites for hydroxylation is 2. The molecule has 1 heterocycles. The van der Waals surface area contributed by atoms with Crippen LogP contribution in [-0.2, 0) is 19.9 Å². The number of aliphatic imine (C=N–C) groups is 1. The van der Waals surface area contributed by atoms with Gasteiger partial charge in [-0.25, -0.2) is 4.39 Å². The van der Waals surface area contributed by atoms with Gasteiger partial charge in [0.15, 0.2) is 5.96 Å². The Hall–Kier alpha value is -2.37. The van der Waals surface area contributed by atoms with Gasteiger partial charge in [0.1, 0.15) is 5.82 Å². The fourth-order valence-corrected chi connectivity index (χ4v) is 2.72. The molecule has 6 heteroatoms. The van der Waals surface area contributed by atoms with Crippen LogP contribution in [0.2, 0.25) is 0 Å². The number of nitrogens with zero attached hydrogens (tertiary/aromatic N) is 3. The minimum Gasteiger partial charge on any atom is -0.356 e. The predicted octanol–water partition coefficient (Wildman–Crippen LogP) is 2.13. The second kappa shape index (κ2) is 8.47. The van der Waals surface area contributed by atoms with E-state index in [0.717, 1.165) is 36.6 Å². The second-order valence-electron chi connectivity index (χ2n) is 5.83. The number of rotatable bonds is 6. The van der Waals surface area contributed by atoms with Crippen LogP contribution in [-0.4, -0.2) is 35.9 Å². The van der Waals surface area contributed by atoms with Crippen LogP contribution in [0.25, 0.3) is 0 Å². The number of halogens is 1. The van der Waals surface area contributed by atoms with Crippen LogP contribution in [0.3, 0.4) is 0 Å². The van der Waals surface area contributed by atoms with Gasteiger partial charge in [0.05, 0.1) is 5.69 Å². The summed E-state index contributed by atoms with van der Waals surface area (Å²) in [6.45, 7) is 5.61. The van der Waals surface area contributed by atoms with Gasteiger partial charge in [-0.1, -0.05) is 12.1 Å². The van der Waals surface area contributed by atoms with Crippen molar-refractivity contribution in [2.45, 2.75) is 26.7 Å². The Kier molecular flexibility index (Phi) is 6.35. The first-order valence-corrected chi connectivity index (χ1v) is 8.19. The zero-order chi connectivity index (χ0) is 17.5. The molecule has 0 spiro atoms. The molecule has 1 aromatic heterocycles. The lowest BCUT2D eigenvalue weighted by Gasteiger charge is -2.12. The summed E-state index contributed by atoms with van der Waals surface area (Å²) in [5, 5.41) is 11.0. The Bertz CT molecular complexity index is 705. The van der Waals surface area contributed by atoms with E-state index in [1.807, 2.05) is 24.7 Å². The fraction of sp³-hybridized carbons (Fsp3) is 0.444. The van der Waals surface area contributed by atoms with Gasteiger partial charge in [-0.15, -0.1) is 0 Å². The lowest BCUT2D eigenvalue weighted by Crippen LogP contribution is -2.39. The lowest BCUT2D eigenvalue weighted by molar-refractivity contribution is 0.625. The number of aromatic nitrogens is 2. The van der Waals surface area contributed by atoms with E-state index in [1.54, 1.807) is 19.2 Å². The van der Waals surface area contributed by atoms with E-state index in [4.69, 9.17) is 0 Å². The summed E-state index contributed by atoms with van der Waals surface area (Å²) in [5.74, 6) is 0.558. The van der Waals surface area contributed by atoms with Gasteiger partial charge in [-0.3, -0.25) is 9.67 Å². The Morgan fingerprint density at radius 1 is 1.21 bits per heavy atom. The summed E-state index contributed by atoms with van der Waals surface area (Å²) in [7, 11) is 3.71. The normalized spacial score (nSPS) is 11.6. The largest absolute Gasteiger partial charge is 0.356 e. The molecule has 1 aromatic carbocycles. The molecular formula is C18H26FN5. The number of guanidine groups is 1. The summed E-state index contributed by atoms with van der Waals surface area (Å²) in [4.78, 5) is 4.22. The van der Waals surface area contributed by atoms with Gasteiger partial charge < -0.3 is 10.6 Å². The van der Waals surface area contributed by atoms with Crippen LogP contribution in [0.1, 0.15) is 22.5 Å². The summed E-state index contributed by atoms with van der Waals surface area (Å²) in [5.41, 5.74) is 4.52. The quantitative estimate of drug-likeness (QED) is 0.630. The molecule has 2 N–H and O–H groups in total. The molecule has 0 unspecified atom stereocenters. The molecule has 130 valence electrons. The van der Waals surface area contributed by atoms with Crippen LogP contribution in [0.5, 0.6) is 0 Å². The van der Waals surface area contributed by atoms with Crippen LogP contribution >= 0.6 is 0 Å². The molecule has 2 rings (SSSR count). The molecular weight excluding hydrogens is 305 g/mol. The highest BCUT2D eigenvalue weighted by atomic mass is 19.1. The summed E-state index contributed by atoms with van der Waals surface area (Å²) in [6.07, 6.45) is 1.65. The molecule has 0 atom stereocenters. The van der Waals surface area contributed by atoms with Crippen molar-refractivity contribution in [3.05, 3.63) is 52.6 Å². The third kappa shape index (κ3) is 4.81. The van der Waals surface area contributed by atoms with E-state index in [0.29, 0.717) is 6.54 Å². The zero-order valence-corrected chi connectivity index (χ0v) is 14.9. The van der Waals surface area contributed by atoms with Gasteiger partial charge in [0, 0.05) is 32.9 Å². The van der Waals surface area contributed by atoms with E-state index in [9.17, 15) is 4.39 Å². The van der Waals surface area contributed by atoms with Crippen molar-refractivity contribution < 1.29 is 4.39 Å². The molecule has 0 radical (unpaired) electrons. The first-order chi connectivity index (χ1) is 11.5. The molecule has 0 bridgehead atoms. The second-order valence-corrected chi connectivity index (χ2v) is 5.83. The number of hydrogen-bond acceptors (Lipinski definition) is 2. The van der Waals surface area contributed by atoms with Crippen LogP contribution in [0.15, 0.2) is 29.3 Å². The van der Waals surface area contributed by atoms with Crippen molar-refractivity contribution >= 4 is 5.96 Å².